The van der Waals surface area contributed by atoms with Gasteiger partial charge < -0.3 is 32.7 Å². The van der Waals surface area contributed by atoms with E-state index in [2.05, 4.69) is 23.3 Å². The van der Waals surface area contributed by atoms with Crippen LogP contribution in [0.2, 0.25) is 0 Å². The van der Waals surface area contributed by atoms with Crippen molar-refractivity contribution in [2.24, 2.45) is 5.73 Å². The Hall–Kier alpha value is -1.85. The molecule has 0 aliphatic carbocycles. The molecule has 0 saturated carbocycles. The Labute approximate surface area is 126 Å². The molecule has 11 heteroatoms. The predicted molar refractivity (Wildman–Crippen MR) is 76.3 cm³/mol. The molecule has 0 fully saturated rings. The molecule has 0 aliphatic heterocycles. The number of nitrogens with one attached hydrogen (secondary N) is 2. The highest BCUT2D eigenvalue weighted by atomic mass is 32.1. The fourth-order valence-electron chi connectivity index (χ4n) is 1.16. The summed E-state index contributed by atoms with van der Waals surface area (Å²) in [6, 6.07) is -2.15. The number of hydrogen-bond acceptors (Lipinski definition) is 7. The van der Waals surface area contributed by atoms with Gasteiger partial charge in [-0.25, -0.2) is 0 Å². The second kappa shape index (κ2) is 10.9. The SMILES string of the molecule is N.N[C@@H](CCC(=O)N[C@@H](CS)C(=O)NCC(=O)O)C(=O)O. The third-order valence-electron chi connectivity index (χ3n) is 2.25. The molecule has 2 atom stereocenters. The largest absolute Gasteiger partial charge is 0.480 e. The van der Waals surface area contributed by atoms with E-state index in [4.69, 9.17) is 15.9 Å². The molecule has 0 saturated heterocycles. The third-order valence-corrected chi connectivity index (χ3v) is 2.61. The molecule has 0 rings (SSSR count). The van der Waals surface area contributed by atoms with Crippen LogP contribution in [0.1, 0.15) is 12.8 Å². The van der Waals surface area contributed by atoms with Gasteiger partial charge in [-0.05, 0) is 6.42 Å². The number of carboxylic acid groups (broad SMARTS) is 2. The van der Waals surface area contributed by atoms with Crippen molar-refractivity contribution in [1.29, 1.82) is 0 Å². The van der Waals surface area contributed by atoms with Crippen LogP contribution in [-0.2, 0) is 19.2 Å². The van der Waals surface area contributed by atoms with Gasteiger partial charge in [-0.3, -0.25) is 19.2 Å². The van der Waals surface area contributed by atoms with Crippen molar-refractivity contribution in [2.75, 3.05) is 12.3 Å². The van der Waals surface area contributed by atoms with Gasteiger partial charge in [0.1, 0.15) is 18.6 Å². The van der Waals surface area contributed by atoms with E-state index in [9.17, 15) is 19.2 Å². The van der Waals surface area contributed by atoms with Crippen molar-refractivity contribution in [3.05, 3.63) is 0 Å². The van der Waals surface area contributed by atoms with Crippen LogP contribution in [0.4, 0.5) is 0 Å². The normalized spacial score (nSPS) is 12.5. The molecule has 0 spiro atoms. The van der Waals surface area contributed by atoms with Gasteiger partial charge in [0.05, 0.1) is 0 Å². The highest BCUT2D eigenvalue weighted by Crippen LogP contribution is 1.97. The summed E-state index contributed by atoms with van der Waals surface area (Å²) in [4.78, 5) is 43.7. The van der Waals surface area contributed by atoms with Crippen LogP contribution in [0.5, 0.6) is 0 Å². The average Bonchev–Trinajstić information content (AvgIpc) is 2.38. The predicted octanol–water partition coefficient (Wildman–Crippen LogP) is -2.04. The molecule has 0 heterocycles. The van der Waals surface area contributed by atoms with Gasteiger partial charge in [-0.1, -0.05) is 0 Å². The van der Waals surface area contributed by atoms with Crippen molar-refractivity contribution in [3.63, 3.8) is 0 Å². The maximum absolute atomic E-state index is 11.5. The number of carbonyl (C=O) groups excluding carboxylic acids is 2. The minimum atomic E-state index is -1.22. The summed E-state index contributed by atoms with van der Waals surface area (Å²) < 4.78 is 0. The van der Waals surface area contributed by atoms with Crippen molar-refractivity contribution >= 4 is 36.4 Å². The van der Waals surface area contributed by atoms with Gasteiger partial charge in [-0.2, -0.15) is 12.6 Å². The van der Waals surface area contributed by atoms with Crippen LogP contribution >= 0.6 is 12.6 Å². The second-order valence-corrected chi connectivity index (χ2v) is 4.26. The summed E-state index contributed by atoms with van der Waals surface area (Å²) in [6.45, 7) is -0.567. The molecule has 0 unspecified atom stereocenters. The summed E-state index contributed by atoms with van der Waals surface area (Å²) in [5.74, 6) is -3.70. The first-order valence-electron chi connectivity index (χ1n) is 5.66. The summed E-state index contributed by atoms with van der Waals surface area (Å²) in [5, 5.41) is 21.4. The Bertz CT molecular complexity index is 392. The summed E-state index contributed by atoms with van der Waals surface area (Å²) >= 11 is 3.87. The first kappa shape index (κ1) is 21.4. The highest BCUT2D eigenvalue weighted by molar-refractivity contribution is 7.80. The molecule has 122 valence electrons. The maximum Gasteiger partial charge on any atom is 0.322 e. The van der Waals surface area contributed by atoms with Crippen LogP contribution in [0.15, 0.2) is 0 Å². The first-order valence-corrected chi connectivity index (χ1v) is 6.29. The van der Waals surface area contributed by atoms with Crippen LogP contribution in [0.3, 0.4) is 0 Å². The van der Waals surface area contributed by atoms with Gasteiger partial charge in [0.25, 0.3) is 0 Å². The molecule has 0 bridgehead atoms. The molecular formula is C10H20N4O6S. The van der Waals surface area contributed by atoms with Crippen LogP contribution in [0, 0.1) is 0 Å². The molecule has 9 N–H and O–H groups in total. The second-order valence-electron chi connectivity index (χ2n) is 3.90. The molecule has 10 nitrogen and oxygen atoms in total. The molecular weight excluding hydrogens is 304 g/mol. The van der Waals surface area contributed by atoms with Gasteiger partial charge in [0.15, 0.2) is 0 Å². The van der Waals surface area contributed by atoms with Gasteiger partial charge in [0.2, 0.25) is 11.8 Å². The van der Waals surface area contributed by atoms with Crippen molar-refractivity contribution in [1.82, 2.24) is 16.8 Å². The lowest BCUT2D eigenvalue weighted by Crippen LogP contribution is -2.49. The monoisotopic (exact) mass is 324 g/mol. The zero-order valence-electron chi connectivity index (χ0n) is 11.2. The van der Waals surface area contributed by atoms with E-state index in [1.807, 2.05) is 0 Å². The van der Waals surface area contributed by atoms with E-state index in [1.165, 1.54) is 0 Å². The standard InChI is InChI=1S/C10H17N3O6S.H3N/c11-5(10(18)19)1-2-7(14)13-6(4-20)9(17)12-3-8(15)16;/h5-6,20H,1-4,11H2,(H,12,17)(H,13,14)(H,15,16)(H,18,19);1H3/t5-,6-;/m0./s1. The zero-order valence-corrected chi connectivity index (χ0v) is 12.1. The van der Waals surface area contributed by atoms with E-state index < -0.39 is 42.4 Å². The van der Waals surface area contributed by atoms with E-state index in [1.54, 1.807) is 0 Å². The molecule has 0 aromatic heterocycles. The molecule has 0 radical (unpaired) electrons. The molecule has 0 aromatic carbocycles. The maximum atomic E-state index is 11.5. The summed E-state index contributed by atoms with van der Waals surface area (Å²) in [5.41, 5.74) is 5.23. The number of rotatable bonds is 9. The third kappa shape index (κ3) is 9.65. The molecule has 0 aliphatic rings. The summed E-state index contributed by atoms with van der Waals surface area (Å²) in [7, 11) is 0. The topological polar surface area (TPSA) is 194 Å². The lowest BCUT2D eigenvalue weighted by atomic mass is 10.1. The van der Waals surface area contributed by atoms with Gasteiger partial charge >= 0.3 is 11.9 Å². The van der Waals surface area contributed by atoms with Crippen LogP contribution in [-0.4, -0.2) is 58.3 Å². The number of nitrogens with two attached hydrogens (primary N) is 1. The van der Waals surface area contributed by atoms with Gasteiger partial charge in [-0.15, -0.1) is 0 Å². The number of hydrogen-bond donors (Lipinski definition) is 7. The number of carboxylic acids is 2. The lowest BCUT2D eigenvalue weighted by Gasteiger charge is -2.16. The smallest absolute Gasteiger partial charge is 0.322 e. The lowest BCUT2D eigenvalue weighted by molar-refractivity contribution is -0.139. The Morgan fingerprint density at radius 1 is 1.19 bits per heavy atom. The molecule has 0 aromatic rings. The average molecular weight is 324 g/mol. The van der Waals surface area contributed by atoms with E-state index in [-0.39, 0.29) is 24.7 Å². The first-order chi connectivity index (χ1) is 9.27. The Morgan fingerprint density at radius 2 is 1.76 bits per heavy atom. The van der Waals surface area contributed by atoms with Gasteiger partial charge in [0, 0.05) is 12.2 Å². The Morgan fingerprint density at radius 3 is 2.19 bits per heavy atom. The number of thiol groups is 1. The summed E-state index contributed by atoms with van der Waals surface area (Å²) in [6.07, 6.45) is -0.235. The van der Waals surface area contributed by atoms with Crippen molar-refractivity contribution in [3.8, 4) is 0 Å². The van der Waals surface area contributed by atoms with Crippen molar-refractivity contribution < 1.29 is 29.4 Å². The van der Waals surface area contributed by atoms with Crippen LogP contribution < -0.4 is 22.5 Å². The van der Waals surface area contributed by atoms with E-state index in [0.29, 0.717) is 0 Å². The van der Waals surface area contributed by atoms with E-state index >= 15 is 0 Å². The number of amides is 2. The zero-order chi connectivity index (χ0) is 15.7. The minimum Gasteiger partial charge on any atom is -0.480 e. The fraction of sp³-hybridized carbons (Fsp3) is 0.600. The Kier molecular flexibility index (Phi) is 11.1. The quantitative estimate of drug-likeness (QED) is 0.235. The Balaban J connectivity index is 0. The fourth-order valence-corrected chi connectivity index (χ4v) is 1.41. The van der Waals surface area contributed by atoms with Crippen molar-refractivity contribution in [2.45, 2.75) is 24.9 Å². The molecule has 21 heavy (non-hydrogen) atoms. The number of aliphatic carboxylic acids is 2. The van der Waals surface area contributed by atoms with Crippen LogP contribution in [0.25, 0.3) is 0 Å². The van der Waals surface area contributed by atoms with E-state index in [0.717, 1.165) is 0 Å². The molecule has 2 amide bonds. The highest BCUT2D eigenvalue weighted by Gasteiger charge is 2.20. The minimum absolute atomic E-state index is 0. The number of carbonyl (C=O) groups is 4.